The highest BCUT2D eigenvalue weighted by atomic mass is 32.2. The predicted octanol–water partition coefficient (Wildman–Crippen LogP) is 0.591. The van der Waals surface area contributed by atoms with E-state index in [0.29, 0.717) is 12.8 Å². The van der Waals surface area contributed by atoms with Crippen molar-refractivity contribution in [3.8, 4) is 0 Å². The molecule has 0 aliphatic heterocycles. The Balaban J connectivity index is 4.69. The topological polar surface area (TPSA) is 98.8 Å². The zero-order chi connectivity index (χ0) is 15.8. The van der Waals surface area contributed by atoms with Crippen LogP contribution in [0, 0.1) is 0 Å². The van der Waals surface area contributed by atoms with Crippen LogP contribution in [0.4, 0.5) is 0 Å². The summed E-state index contributed by atoms with van der Waals surface area (Å²) in [6, 6.07) is 0. The van der Waals surface area contributed by atoms with Gasteiger partial charge in [0.25, 0.3) is 0 Å². The van der Waals surface area contributed by atoms with Crippen LogP contribution in [0.1, 0.15) is 39.5 Å². The van der Waals surface area contributed by atoms with Gasteiger partial charge in [-0.2, -0.15) is 4.72 Å². The molecule has 0 saturated heterocycles. The highest BCUT2D eigenvalue weighted by Crippen LogP contribution is 2.16. The summed E-state index contributed by atoms with van der Waals surface area (Å²) >= 11 is 0. The number of methoxy groups -OCH3 is 2. The van der Waals surface area contributed by atoms with E-state index in [0.717, 1.165) is 0 Å². The van der Waals surface area contributed by atoms with E-state index >= 15 is 0 Å². The third-order valence-electron chi connectivity index (χ3n) is 2.79. The summed E-state index contributed by atoms with van der Waals surface area (Å²) in [6.45, 7) is 3.33. The highest BCUT2D eigenvalue weighted by Gasteiger charge is 2.37. The lowest BCUT2D eigenvalue weighted by Crippen LogP contribution is -2.53. The number of ether oxygens (including phenoxy) is 2. The van der Waals surface area contributed by atoms with Crippen molar-refractivity contribution in [1.82, 2.24) is 4.72 Å². The van der Waals surface area contributed by atoms with Crippen LogP contribution in [-0.4, -0.2) is 45.9 Å². The molecule has 1 unspecified atom stereocenters. The highest BCUT2D eigenvalue weighted by molar-refractivity contribution is 7.89. The largest absolute Gasteiger partial charge is 0.469 e. The number of carbonyl (C=O) groups is 2. The van der Waals surface area contributed by atoms with Crippen molar-refractivity contribution in [2.24, 2.45) is 0 Å². The smallest absolute Gasteiger partial charge is 0.326 e. The summed E-state index contributed by atoms with van der Waals surface area (Å²) in [7, 11) is -1.23. The monoisotopic (exact) mass is 309 g/mol. The van der Waals surface area contributed by atoms with E-state index < -0.39 is 27.5 Å². The van der Waals surface area contributed by atoms with Crippen LogP contribution >= 0.6 is 0 Å². The fourth-order valence-electron chi connectivity index (χ4n) is 1.82. The lowest BCUT2D eigenvalue weighted by molar-refractivity contribution is -0.147. The first-order valence-corrected chi connectivity index (χ1v) is 8.03. The van der Waals surface area contributed by atoms with Crippen molar-refractivity contribution in [1.29, 1.82) is 0 Å². The Kier molecular flexibility index (Phi) is 7.74. The van der Waals surface area contributed by atoms with E-state index in [9.17, 15) is 18.0 Å². The van der Waals surface area contributed by atoms with E-state index in [2.05, 4.69) is 14.2 Å². The minimum Gasteiger partial charge on any atom is -0.469 e. The molecule has 8 heteroatoms. The molecule has 0 aliphatic rings. The average molecular weight is 309 g/mol. The lowest BCUT2D eigenvalue weighted by atomic mass is 9.98. The molecule has 1 atom stereocenters. The maximum absolute atomic E-state index is 11.9. The number of sulfonamides is 1. The Morgan fingerprint density at radius 2 is 1.80 bits per heavy atom. The first kappa shape index (κ1) is 18.9. The maximum Gasteiger partial charge on any atom is 0.326 e. The van der Waals surface area contributed by atoms with Crippen LogP contribution < -0.4 is 4.72 Å². The Bertz CT molecular complexity index is 433. The summed E-state index contributed by atoms with van der Waals surface area (Å²) in [5.74, 6) is -1.35. The van der Waals surface area contributed by atoms with Gasteiger partial charge in [0.05, 0.1) is 20.0 Å². The van der Waals surface area contributed by atoms with Gasteiger partial charge < -0.3 is 9.47 Å². The standard InChI is InChI=1S/C12H23NO6S/c1-5-8-12(2,11(15)19-4)13-20(16,17)9-6-7-10(14)18-3/h13H,5-9H2,1-4H3. The van der Waals surface area contributed by atoms with Crippen LogP contribution in [0.5, 0.6) is 0 Å². The molecule has 7 nitrogen and oxygen atoms in total. The normalized spacial score (nSPS) is 14.4. The fraction of sp³-hybridized carbons (Fsp3) is 0.833. The summed E-state index contributed by atoms with van der Waals surface area (Å²) in [4.78, 5) is 22.6. The van der Waals surface area contributed by atoms with Gasteiger partial charge in [-0.05, 0) is 19.8 Å². The lowest BCUT2D eigenvalue weighted by Gasteiger charge is -2.27. The molecule has 0 fully saturated rings. The number of rotatable bonds is 9. The maximum atomic E-state index is 11.9. The number of carbonyl (C=O) groups excluding carboxylic acids is 2. The van der Waals surface area contributed by atoms with Crippen molar-refractivity contribution < 1.29 is 27.5 Å². The average Bonchev–Trinajstić information content (AvgIpc) is 2.36. The van der Waals surface area contributed by atoms with Crippen LogP contribution in [0.15, 0.2) is 0 Å². The zero-order valence-electron chi connectivity index (χ0n) is 12.4. The molecule has 0 aromatic heterocycles. The van der Waals surface area contributed by atoms with Gasteiger partial charge in [0, 0.05) is 6.42 Å². The summed E-state index contributed by atoms with van der Waals surface area (Å²) < 4.78 is 35.3. The molecule has 0 aliphatic carbocycles. The van der Waals surface area contributed by atoms with E-state index in [1.165, 1.54) is 21.1 Å². The molecule has 0 amide bonds. The van der Waals surface area contributed by atoms with Gasteiger partial charge in [-0.15, -0.1) is 0 Å². The zero-order valence-corrected chi connectivity index (χ0v) is 13.2. The van der Waals surface area contributed by atoms with Crippen LogP contribution in [0.25, 0.3) is 0 Å². The van der Waals surface area contributed by atoms with E-state index in [1.807, 2.05) is 6.92 Å². The Morgan fingerprint density at radius 3 is 2.25 bits per heavy atom. The molecule has 1 N–H and O–H groups in total. The van der Waals surface area contributed by atoms with Gasteiger partial charge in [-0.3, -0.25) is 9.59 Å². The molecular formula is C12H23NO6S. The van der Waals surface area contributed by atoms with Crippen molar-refractivity contribution in [3.63, 3.8) is 0 Å². The van der Waals surface area contributed by atoms with Crippen molar-refractivity contribution in [2.75, 3.05) is 20.0 Å². The van der Waals surface area contributed by atoms with Crippen molar-refractivity contribution >= 4 is 22.0 Å². The van der Waals surface area contributed by atoms with Crippen LogP contribution in [0.2, 0.25) is 0 Å². The minimum atomic E-state index is -3.68. The number of esters is 2. The number of hydrogen-bond acceptors (Lipinski definition) is 6. The first-order chi connectivity index (χ1) is 9.20. The predicted molar refractivity (Wildman–Crippen MR) is 73.5 cm³/mol. The van der Waals surface area contributed by atoms with Crippen molar-refractivity contribution in [2.45, 2.75) is 45.1 Å². The molecule has 0 aromatic rings. The van der Waals surface area contributed by atoms with E-state index in [1.54, 1.807) is 0 Å². The molecule has 0 heterocycles. The minimum absolute atomic E-state index is 0.0140. The number of nitrogens with one attached hydrogen (secondary N) is 1. The first-order valence-electron chi connectivity index (χ1n) is 6.37. The molecule has 0 aromatic carbocycles. The molecule has 0 spiro atoms. The Morgan fingerprint density at radius 1 is 1.20 bits per heavy atom. The number of hydrogen-bond donors (Lipinski definition) is 1. The van der Waals surface area contributed by atoms with E-state index in [-0.39, 0.29) is 18.6 Å². The second-order valence-electron chi connectivity index (χ2n) is 4.67. The molecule has 118 valence electrons. The second kappa shape index (κ2) is 8.21. The SMILES string of the molecule is CCCC(C)(NS(=O)(=O)CCCC(=O)OC)C(=O)OC. The second-order valence-corrected chi connectivity index (χ2v) is 6.52. The third kappa shape index (κ3) is 6.33. The van der Waals surface area contributed by atoms with Crippen LogP contribution in [0.3, 0.4) is 0 Å². The summed E-state index contributed by atoms with van der Waals surface area (Å²) in [5, 5.41) is 0. The van der Waals surface area contributed by atoms with E-state index in [4.69, 9.17) is 0 Å². The van der Waals surface area contributed by atoms with Crippen LogP contribution in [-0.2, 0) is 29.1 Å². The van der Waals surface area contributed by atoms with Crippen molar-refractivity contribution in [3.05, 3.63) is 0 Å². The van der Waals surface area contributed by atoms with Gasteiger partial charge in [-0.1, -0.05) is 13.3 Å². The summed E-state index contributed by atoms with van der Waals surface area (Å²) in [5.41, 5.74) is -1.28. The molecule has 20 heavy (non-hydrogen) atoms. The Labute approximate surface area is 120 Å². The van der Waals surface area contributed by atoms with Gasteiger partial charge in [0.1, 0.15) is 5.54 Å². The van der Waals surface area contributed by atoms with Gasteiger partial charge in [0.2, 0.25) is 10.0 Å². The summed E-state index contributed by atoms with van der Waals surface area (Å²) in [6.07, 6.45) is 1.09. The quantitative estimate of drug-likeness (QED) is 0.626. The third-order valence-corrected chi connectivity index (χ3v) is 4.38. The molecular weight excluding hydrogens is 286 g/mol. The Hall–Kier alpha value is -1.15. The molecule has 0 rings (SSSR count). The van der Waals surface area contributed by atoms with Gasteiger partial charge in [-0.25, -0.2) is 8.42 Å². The molecule has 0 radical (unpaired) electrons. The van der Waals surface area contributed by atoms with Gasteiger partial charge >= 0.3 is 11.9 Å². The molecule has 0 bridgehead atoms. The fourth-order valence-corrected chi connectivity index (χ4v) is 3.32. The van der Waals surface area contributed by atoms with Gasteiger partial charge in [0.15, 0.2) is 0 Å². The molecule has 0 saturated carbocycles.